The van der Waals surface area contributed by atoms with Crippen molar-refractivity contribution in [3.8, 4) is 0 Å². The van der Waals surface area contributed by atoms with Crippen LogP contribution in [0.5, 0.6) is 0 Å². The molecule has 0 spiro atoms. The van der Waals surface area contributed by atoms with E-state index in [1.807, 2.05) is 0 Å². The Morgan fingerprint density at radius 2 is 2.33 bits per heavy atom. The molecule has 0 aliphatic heterocycles. The highest BCUT2D eigenvalue weighted by Crippen LogP contribution is 2.15. The lowest BCUT2D eigenvalue weighted by Crippen LogP contribution is -2.24. The predicted molar refractivity (Wildman–Crippen MR) is 56.1 cm³/mol. The Balaban J connectivity index is 2.43. The third-order valence-electron chi connectivity index (χ3n) is 1.59. The molecular formula is C9H10BrFN2O2. The average molecular weight is 277 g/mol. The van der Waals surface area contributed by atoms with Crippen molar-refractivity contribution in [3.63, 3.8) is 0 Å². The van der Waals surface area contributed by atoms with Crippen LogP contribution in [-0.2, 0) is 16.2 Å². The molecule has 0 unspecified atom stereocenters. The maximum absolute atomic E-state index is 13.1. The molecule has 1 rings (SSSR count). The summed E-state index contributed by atoms with van der Waals surface area (Å²) in [7, 11) is 0. The number of nitrogens with one attached hydrogen (secondary N) is 1. The number of halogens is 2. The molecule has 0 aliphatic rings. The van der Waals surface area contributed by atoms with E-state index in [2.05, 4.69) is 26.2 Å². The van der Waals surface area contributed by atoms with Crippen molar-refractivity contribution in [1.29, 1.82) is 0 Å². The van der Waals surface area contributed by atoms with Gasteiger partial charge in [-0.05, 0) is 18.2 Å². The largest absolute Gasteiger partial charge is 0.368 e. The minimum absolute atomic E-state index is 0.165. The molecule has 1 aromatic rings. The Morgan fingerprint density at radius 3 is 3.00 bits per heavy atom. The number of rotatable bonds is 5. The number of primary amides is 1. The molecular weight excluding hydrogens is 267 g/mol. The number of hydrogen-bond acceptors (Lipinski definition) is 3. The van der Waals surface area contributed by atoms with E-state index in [-0.39, 0.29) is 19.0 Å². The van der Waals surface area contributed by atoms with Crippen molar-refractivity contribution in [2.24, 2.45) is 5.73 Å². The van der Waals surface area contributed by atoms with E-state index < -0.39 is 5.91 Å². The Kier molecular flexibility index (Phi) is 4.67. The van der Waals surface area contributed by atoms with Crippen molar-refractivity contribution < 1.29 is 14.0 Å². The van der Waals surface area contributed by atoms with E-state index in [9.17, 15) is 9.18 Å². The lowest BCUT2D eigenvalue weighted by atomic mass is 10.2. The van der Waals surface area contributed by atoms with E-state index in [0.717, 1.165) is 4.47 Å². The Morgan fingerprint density at radius 1 is 1.60 bits per heavy atom. The maximum atomic E-state index is 13.1. The molecule has 82 valence electrons. The van der Waals surface area contributed by atoms with Gasteiger partial charge in [0.05, 0.1) is 0 Å². The van der Waals surface area contributed by atoms with Crippen LogP contribution in [0.25, 0.3) is 0 Å². The van der Waals surface area contributed by atoms with Crippen LogP contribution >= 0.6 is 15.9 Å². The van der Waals surface area contributed by atoms with Gasteiger partial charge in [0.2, 0.25) is 5.91 Å². The second-order valence-electron chi connectivity index (χ2n) is 2.81. The Labute approximate surface area is 94.7 Å². The standard InChI is InChI=1S/C9H10BrFN2O2/c10-7-1-2-8(11)6(3-7)4-13-15-5-9(12)14/h1-3,13H,4-5H2,(H2,12,14). The molecule has 0 fully saturated rings. The molecule has 0 saturated carbocycles. The monoisotopic (exact) mass is 276 g/mol. The molecule has 4 nitrogen and oxygen atoms in total. The summed E-state index contributed by atoms with van der Waals surface area (Å²) < 4.78 is 13.9. The van der Waals surface area contributed by atoms with Crippen LogP contribution in [0.1, 0.15) is 5.56 Å². The normalized spacial score (nSPS) is 10.3. The smallest absolute Gasteiger partial charge is 0.245 e. The molecule has 1 aromatic carbocycles. The average Bonchev–Trinajstić information content (AvgIpc) is 2.17. The molecule has 0 aromatic heterocycles. The van der Waals surface area contributed by atoms with Gasteiger partial charge in [0.25, 0.3) is 0 Å². The van der Waals surface area contributed by atoms with Gasteiger partial charge in [0, 0.05) is 16.6 Å². The highest BCUT2D eigenvalue weighted by atomic mass is 79.9. The molecule has 15 heavy (non-hydrogen) atoms. The lowest BCUT2D eigenvalue weighted by Gasteiger charge is -2.05. The summed E-state index contributed by atoms with van der Waals surface area (Å²) in [5.41, 5.74) is 7.72. The molecule has 0 heterocycles. The first kappa shape index (κ1) is 12.1. The van der Waals surface area contributed by atoms with Gasteiger partial charge in [-0.25, -0.2) is 4.39 Å². The molecule has 0 atom stereocenters. The molecule has 0 saturated heterocycles. The maximum Gasteiger partial charge on any atom is 0.245 e. The summed E-state index contributed by atoms with van der Waals surface area (Å²) in [4.78, 5) is 15.0. The molecule has 3 N–H and O–H groups in total. The SMILES string of the molecule is NC(=O)CONCc1cc(Br)ccc1F. The number of hydroxylamine groups is 1. The predicted octanol–water partition coefficient (Wildman–Crippen LogP) is 1.09. The van der Waals surface area contributed by atoms with Crippen molar-refractivity contribution in [3.05, 3.63) is 34.1 Å². The highest BCUT2D eigenvalue weighted by Gasteiger charge is 2.02. The number of benzene rings is 1. The number of nitrogens with two attached hydrogens (primary N) is 1. The first-order chi connectivity index (χ1) is 7.09. The zero-order valence-corrected chi connectivity index (χ0v) is 9.38. The van der Waals surface area contributed by atoms with E-state index in [1.54, 1.807) is 12.1 Å². The van der Waals surface area contributed by atoms with Gasteiger partial charge < -0.3 is 5.73 Å². The van der Waals surface area contributed by atoms with Crippen LogP contribution in [0, 0.1) is 5.82 Å². The van der Waals surface area contributed by atoms with Crippen LogP contribution in [-0.4, -0.2) is 12.5 Å². The van der Waals surface area contributed by atoms with Crippen LogP contribution in [0.15, 0.2) is 22.7 Å². The fourth-order valence-corrected chi connectivity index (χ4v) is 1.34. The minimum atomic E-state index is -0.586. The summed E-state index contributed by atoms with van der Waals surface area (Å²) >= 11 is 3.22. The fraction of sp³-hybridized carbons (Fsp3) is 0.222. The van der Waals surface area contributed by atoms with Crippen LogP contribution in [0.2, 0.25) is 0 Å². The zero-order chi connectivity index (χ0) is 11.3. The first-order valence-electron chi connectivity index (χ1n) is 4.16. The van der Waals surface area contributed by atoms with Gasteiger partial charge in [0.1, 0.15) is 12.4 Å². The number of carbonyl (C=O) groups is 1. The first-order valence-corrected chi connectivity index (χ1v) is 4.96. The molecule has 0 radical (unpaired) electrons. The van der Waals surface area contributed by atoms with Crippen LogP contribution in [0.4, 0.5) is 4.39 Å². The number of hydrogen-bond donors (Lipinski definition) is 2. The van der Waals surface area contributed by atoms with Crippen LogP contribution in [0.3, 0.4) is 0 Å². The van der Waals surface area contributed by atoms with Crippen molar-refractivity contribution >= 4 is 21.8 Å². The second-order valence-corrected chi connectivity index (χ2v) is 3.73. The highest BCUT2D eigenvalue weighted by molar-refractivity contribution is 9.10. The summed E-state index contributed by atoms with van der Waals surface area (Å²) in [6.45, 7) is -0.0752. The van der Waals surface area contributed by atoms with Gasteiger partial charge in [-0.1, -0.05) is 15.9 Å². The summed E-state index contributed by atoms with van der Waals surface area (Å²) in [5, 5.41) is 0. The Bertz CT molecular complexity index is 360. The number of carbonyl (C=O) groups excluding carboxylic acids is 1. The summed E-state index contributed by atoms with van der Waals surface area (Å²) in [6, 6.07) is 4.56. The molecule has 0 aliphatic carbocycles. The molecule has 0 bridgehead atoms. The van der Waals surface area contributed by atoms with Crippen molar-refractivity contribution in [2.45, 2.75) is 6.54 Å². The second kappa shape index (κ2) is 5.79. The summed E-state index contributed by atoms with van der Waals surface area (Å²) in [6.07, 6.45) is 0. The Hall–Kier alpha value is -0.980. The van der Waals surface area contributed by atoms with Gasteiger partial charge in [-0.3, -0.25) is 9.63 Å². The zero-order valence-electron chi connectivity index (χ0n) is 7.80. The minimum Gasteiger partial charge on any atom is -0.368 e. The van der Waals surface area contributed by atoms with Gasteiger partial charge >= 0.3 is 0 Å². The quantitative estimate of drug-likeness (QED) is 0.625. The van der Waals surface area contributed by atoms with E-state index in [1.165, 1.54) is 6.07 Å². The lowest BCUT2D eigenvalue weighted by molar-refractivity contribution is -0.125. The number of amides is 1. The molecule has 6 heteroatoms. The van der Waals surface area contributed by atoms with E-state index in [4.69, 9.17) is 5.73 Å². The van der Waals surface area contributed by atoms with Gasteiger partial charge in [-0.15, -0.1) is 0 Å². The van der Waals surface area contributed by atoms with E-state index >= 15 is 0 Å². The third kappa shape index (κ3) is 4.37. The van der Waals surface area contributed by atoms with Gasteiger partial charge in [0.15, 0.2) is 0 Å². The topological polar surface area (TPSA) is 64.4 Å². The summed E-state index contributed by atoms with van der Waals surface area (Å²) in [5.74, 6) is -0.925. The van der Waals surface area contributed by atoms with Gasteiger partial charge in [-0.2, -0.15) is 5.48 Å². The molecule has 1 amide bonds. The fourth-order valence-electron chi connectivity index (χ4n) is 0.930. The van der Waals surface area contributed by atoms with Crippen LogP contribution < -0.4 is 11.2 Å². The van der Waals surface area contributed by atoms with Crippen molar-refractivity contribution in [2.75, 3.05) is 6.61 Å². The van der Waals surface area contributed by atoms with Crippen molar-refractivity contribution in [1.82, 2.24) is 5.48 Å². The third-order valence-corrected chi connectivity index (χ3v) is 2.08. The van der Waals surface area contributed by atoms with E-state index in [0.29, 0.717) is 5.56 Å².